The summed E-state index contributed by atoms with van der Waals surface area (Å²) in [4.78, 5) is 16.9. The molecule has 0 radical (unpaired) electrons. The summed E-state index contributed by atoms with van der Waals surface area (Å²) >= 11 is 1.70. The van der Waals surface area contributed by atoms with Crippen LogP contribution in [0.4, 0.5) is 8.78 Å². The van der Waals surface area contributed by atoms with Gasteiger partial charge in [0.05, 0.1) is 6.54 Å². The molecule has 1 aliphatic heterocycles. The molecule has 1 amide bonds. The van der Waals surface area contributed by atoms with E-state index >= 15 is 0 Å². The molecular formula is C21H24F2N2OS. The van der Waals surface area contributed by atoms with Crippen molar-refractivity contribution in [3.63, 3.8) is 0 Å². The predicted molar refractivity (Wildman–Crippen MR) is 105 cm³/mol. The third kappa shape index (κ3) is 5.08. The second kappa shape index (κ2) is 8.85. The van der Waals surface area contributed by atoms with E-state index in [-0.39, 0.29) is 29.0 Å². The molecule has 1 aliphatic rings. The minimum atomic E-state index is -0.273. The second-order valence-corrected chi connectivity index (χ2v) is 8.18. The van der Waals surface area contributed by atoms with Gasteiger partial charge in [-0.2, -0.15) is 0 Å². The van der Waals surface area contributed by atoms with Gasteiger partial charge in [-0.25, -0.2) is 8.78 Å². The van der Waals surface area contributed by atoms with E-state index in [9.17, 15) is 13.6 Å². The number of hydrogen-bond acceptors (Lipinski definition) is 3. The Morgan fingerprint density at radius 1 is 1.11 bits per heavy atom. The molecule has 1 fully saturated rings. The summed E-state index contributed by atoms with van der Waals surface area (Å²) < 4.78 is 26.3. The van der Waals surface area contributed by atoms with Gasteiger partial charge in [-0.15, -0.1) is 11.8 Å². The first-order chi connectivity index (χ1) is 12.9. The van der Waals surface area contributed by atoms with Crippen molar-refractivity contribution in [2.24, 2.45) is 0 Å². The molecule has 0 spiro atoms. The van der Waals surface area contributed by atoms with Gasteiger partial charge in [0.1, 0.15) is 17.0 Å². The quantitative estimate of drug-likeness (QED) is 0.728. The zero-order chi connectivity index (χ0) is 19.4. The van der Waals surface area contributed by atoms with Crippen molar-refractivity contribution >= 4 is 17.7 Å². The molecule has 0 saturated carbocycles. The van der Waals surface area contributed by atoms with E-state index in [1.807, 2.05) is 18.7 Å². The molecule has 0 N–H and O–H groups in total. The van der Waals surface area contributed by atoms with Crippen LogP contribution in [-0.2, 0) is 11.3 Å². The van der Waals surface area contributed by atoms with Gasteiger partial charge in [0.2, 0.25) is 5.91 Å². The molecule has 2 aromatic rings. The van der Waals surface area contributed by atoms with Crippen LogP contribution in [0.5, 0.6) is 0 Å². The van der Waals surface area contributed by atoms with Crippen LogP contribution in [0.1, 0.15) is 30.3 Å². The van der Waals surface area contributed by atoms with Gasteiger partial charge < -0.3 is 4.90 Å². The van der Waals surface area contributed by atoms with Gasteiger partial charge in [-0.3, -0.25) is 9.69 Å². The Bertz CT molecular complexity index is 765. The maximum Gasteiger partial charge on any atom is 0.237 e. The van der Waals surface area contributed by atoms with E-state index in [0.29, 0.717) is 19.6 Å². The molecular weight excluding hydrogens is 366 g/mol. The highest BCUT2D eigenvalue weighted by molar-refractivity contribution is 7.99. The van der Waals surface area contributed by atoms with Crippen LogP contribution >= 0.6 is 11.8 Å². The summed E-state index contributed by atoms with van der Waals surface area (Å²) in [6.45, 7) is 5.67. The average molecular weight is 390 g/mol. The summed E-state index contributed by atoms with van der Waals surface area (Å²) in [5.74, 6) is 0.394. The Labute approximate surface area is 163 Å². The SMILES string of the molecule is CC(C)N(CC(=O)N1CCS[C@@H]1c1ccc(F)cc1)Cc1ccc(F)cc1. The third-order valence-corrected chi connectivity index (χ3v) is 5.99. The maximum atomic E-state index is 13.2. The molecule has 27 heavy (non-hydrogen) atoms. The van der Waals surface area contributed by atoms with E-state index < -0.39 is 0 Å². The smallest absolute Gasteiger partial charge is 0.237 e. The van der Waals surface area contributed by atoms with E-state index in [1.165, 1.54) is 24.3 Å². The minimum absolute atomic E-state index is 0.0603. The molecule has 0 unspecified atom stereocenters. The molecule has 1 saturated heterocycles. The van der Waals surface area contributed by atoms with Crippen molar-refractivity contribution in [2.75, 3.05) is 18.8 Å². The van der Waals surface area contributed by atoms with Gasteiger partial charge in [-0.05, 0) is 49.2 Å². The lowest BCUT2D eigenvalue weighted by molar-refractivity contribution is -0.133. The first-order valence-corrected chi connectivity index (χ1v) is 10.1. The van der Waals surface area contributed by atoms with E-state index in [2.05, 4.69) is 4.90 Å². The topological polar surface area (TPSA) is 23.6 Å². The van der Waals surface area contributed by atoms with Crippen LogP contribution in [0.15, 0.2) is 48.5 Å². The molecule has 1 heterocycles. The third-order valence-electron chi connectivity index (χ3n) is 4.73. The maximum absolute atomic E-state index is 13.2. The molecule has 2 aromatic carbocycles. The van der Waals surface area contributed by atoms with E-state index in [1.54, 1.807) is 36.0 Å². The number of nitrogens with zero attached hydrogens (tertiary/aromatic N) is 2. The molecule has 0 bridgehead atoms. The Morgan fingerprint density at radius 3 is 2.30 bits per heavy atom. The number of carbonyl (C=O) groups is 1. The molecule has 1 atom stereocenters. The molecule has 0 aromatic heterocycles. The Hall–Kier alpha value is -1.92. The standard InChI is InChI=1S/C21H24F2N2OS/c1-15(2)24(13-16-3-7-18(22)8-4-16)14-20(26)25-11-12-27-21(25)17-5-9-19(23)10-6-17/h3-10,15,21H,11-14H2,1-2H3/t21-/m1/s1. The van der Waals surface area contributed by atoms with Gasteiger partial charge in [0.25, 0.3) is 0 Å². The fourth-order valence-corrected chi connectivity index (χ4v) is 4.42. The number of hydrogen-bond donors (Lipinski definition) is 0. The fraction of sp³-hybridized carbons (Fsp3) is 0.381. The number of benzene rings is 2. The summed E-state index contributed by atoms with van der Waals surface area (Å²) in [6.07, 6.45) is 0. The van der Waals surface area contributed by atoms with Crippen LogP contribution in [0.3, 0.4) is 0 Å². The van der Waals surface area contributed by atoms with Crippen molar-refractivity contribution in [1.82, 2.24) is 9.80 Å². The molecule has 3 rings (SSSR count). The summed E-state index contributed by atoms with van der Waals surface area (Å²) in [5, 5.41) is -0.0714. The van der Waals surface area contributed by atoms with Crippen molar-refractivity contribution < 1.29 is 13.6 Å². The first kappa shape index (κ1) is 19.8. The van der Waals surface area contributed by atoms with Crippen LogP contribution in [-0.4, -0.2) is 40.6 Å². The average Bonchev–Trinajstić information content (AvgIpc) is 3.13. The number of thioether (sulfide) groups is 1. The molecule has 3 nitrogen and oxygen atoms in total. The van der Waals surface area contributed by atoms with Crippen molar-refractivity contribution in [3.05, 3.63) is 71.3 Å². The summed E-state index contributed by atoms with van der Waals surface area (Å²) in [6, 6.07) is 12.9. The largest absolute Gasteiger partial charge is 0.325 e. The Kier molecular flexibility index (Phi) is 6.50. The summed E-state index contributed by atoms with van der Waals surface area (Å²) in [5.41, 5.74) is 1.92. The normalized spacial score (nSPS) is 17.1. The van der Waals surface area contributed by atoms with Gasteiger partial charge in [0, 0.05) is 24.9 Å². The lowest BCUT2D eigenvalue weighted by Crippen LogP contribution is -2.42. The highest BCUT2D eigenvalue weighted by Crippen LogP contribution is 2.38. The number of halogens is 2. The van der Waals surface area contributed by atoms with Gasteiger partial charge in [0.15, 0.2) is 0 Å². The zero-order valence-electron chi connectivity index (χ0n) is 15.6. The zero-order valence-corrected chi connectivity index (χ0v) is 16.4. The van der Waals surface area contributed by atoms with E-state index in [0.717, 1.165) is 16.9 Å². The van der Waals surface area contributed by atoms with Crippen LogP contribution < -0.4 is 0 Å². The number of carbonyl (C=O) groups excluding carboxylic acids is 1. The Balaban J connectivity index is 1.69. The van der Waals surface area contributed by atoms with Crippen LogP contribution in [0, 0.1) is 11.6 Å². The molecule has 0 aliphatic carbocycles. The highest BCUT2D eigenvalue weighted by Gasteiger charge is 2.31. The lowest BCUT2D eigenvalue weighted by atomic mass is 10.1. The van der Waals surface area contributed by atoms with Crippen molar-refractivity contribution in [3.8, 4) is 0 Å². The summed E-state index contributed by atoms with van der Waals surface area (Å²) in [7, 11) is 0. The highest BCUT2D eigenvalue weighted by atomic mass is 32.2. The second-order valence-electron chi connectivity index (χ2n) is 6.99. The van der Waals surface area contributed by atoms with Gasteiger partial charge >= 0.3 is 0 Å². The van der Waals surface area contributed by atoms with Gasteiger partial charge in [-0.1, -0.05) is 24.3 Å². The van der Waals surface area contributed by atoms with Crippen molar-refractivity contribution in [2.45, 2.75) is 31.8 Å². The van der Waals surface area contributed by atoms with Crippen molar-refractivity contribution in [1.29, 1.82) is 0 Å². The molecule has 144 valence electrons. The number of rotatable bonds is 6. The monoisotopic (exact) mass is 390 g/mol. The Morgan fingerprint density at radius 2 is 1.70 bits per heavy atom. The van der Waals surface area contributed by atoms with Crippen LogP contribution in [0.25, 0.3) is 0 Å². The minimum Gasteiger partial charge on any atom is -0.325 e. The predicted octanol–water partition coefficient (Wildman–Crippen LogP) is 4.45. The molecule has 6 heteroatoms. The number of amides is 1. The van der Waals surface area contributed by atoms with Crippen LogP contribution in [0.2, 0.25) is 0 Å². The lowest BCUT2D eigenvalue weighted by Gasteiger charge is -2.30. The van der Waals surface area contributed by atoms with E-state index in [4.69, 9.17) is 0 Å². The first-order valence-electron chi connectivity index (χ1n) is 9.09. The fourth-order valence-electron chi connectivity index (χ4n) is 3.14.